The minimum absolute atomic E-state index is 0.0992. The van der Waals surface area contributed by atoms with E-state index >= 15 is 0 Å². The van der Waals surface area contributed by atoms with Crippen molar-refractivity contribution in [3.05, 3.63) is 33.9 Å². The first kappa shape index (κ1) is 25.9. The van der Waals surface area contributed by atoms with E-state index < -0.39 is 23.9 Å². The Morgan fingerprint density at radius 3 is 2.65 bits per heavy atom. The van der Waals surface area contributed by atoms with Crippen molar-refractivity contribution in [1.29, 1.82) is 5.26 Å². The number of fused-ring (bicyclic) bond motifs is 1. The lowest BCUT2D eigenvalue weighted by Gasteiger charge is -2.28. The van der Waals surface area contributed by atoms with Gasteiger partial charge in [0.05, 0.1) is 21.6 Å². The number of piperidine rings is 1. The molecule has 0 unspecified atom stereocenters. The molecule has 1 aliphatic heterocycles. The molecule has 0 radical (unpaired) electrons. The van der Waals surface area contributed by atoms with Crippen molar-refractivity contribution in [2.24, 2.45) is 11.3 Å². The molecule has 0 spiro atoms. The molecule has 0 aliphatic carbocycles. The van der Waals surface area contributed by atoms with Gasteiger partial charge in [-0.3, -0.25) is 14.4 Å². The van der Waals surface area contributed by atoms with Crippen LogP contribution in [0.3, 0.4) is 0 Å². The second-order valence-electron chi connectivity index (χ2n) is 9.86. The number of nitrogens with zero attached hydrogens (tertiary/aromatic N) is 1. The van der Waals surface area contributed by atoms with Crippen LogP contribution in [0.1, 0.15) is 56.9 Å². The van der Waals surface area contributed by atoms with Gasteiger partial charge in [0, 0.05) is 17.8 Å². The minimum Gasteiger partial charge on any atom is -0.356 e. The van der Waals surface area contributed by atoms with E-state index in [0.29, 0.717) is 40.3 Å². The highest BCUT2D eigenvalue weighted by atomic mass is 35.5. The van der Waals surface area contributed by atoms with Crippen molar-refractivity contribution in [3.63, 3.8) is 0 Å². The zero-order valence-corrected chi connectivity index (χ0v) is 20.9. The fraction of sp³-hybridized carbons (Fsp3) is 0.500. The van der Waals surface area contributed by atoms with Gasteiger partial charge < -0.3 is 20.9 Å². The van der Waals surface area contributed by atoms with Crippen LogP contribution in [-0.2, 0) is 9.59 Å². The van der Waals surface area contributed by atoms with Gasteiger partial charge in [-0.05, 0) is 43.2 Å². The molecule has 1 fully saturated rings. The van der Waals surface area contributed by atoms with E-state index in [-0.39, 0.29) is 29.4 Å². The summed E-state index contributed by atoms with van der Waals surface area (Å²) >= 11 is 12.3. The molecule has 3 rings (SSSR count). The van der Waals surface area contributed by atoms with E-state index in [1.807, 2.05) is 20.8 Å². The first-order valence-corrected chi connectivity index (χ1v) is 12.0. The lowest BCUT2D eigenvalue weighted by Crippen LogP contribution is -2.51. The van der Waals surface area contributed by atoms with Gasteiger partial charge in [-0.25, -0.2) is 0 Å². The van der Waals surface area contributed by atoms with Crippen LogP contribution in [0.2, 0.25) is 10.0 Å². The summed E-state index contributed by atoms with van der Waals surface area (Å²) < 4.78 is 0. The van der Waals surface area contributed by atoms with E-state index in [2.05, 4.69) is 27.0 Å². The smallest absolute Gasteiger partial charge is 0.268 e. The molecule has 182 valence electrons. The maximum atomic E-state index is 13.1. The molecule has 8 nitrogen and oxygen atoms in total. The number of amides is 3. The van der Waals surface area contributed by atoms with Crippen LogP contribution in [-0.4, -0.2) is 41.3 Å². The Morgan fingerprint density at radius 1 is 1.26 bits per heavy atom. The van der Waals surface area contributed by atoms with Crippen LogP contribution in [0.5, 0.6) is 0 Å². The van der Waals surface area contributed by atoms with Gasteiger partial charge in [-0.2, -0.15) is 5.26 Å². The average molecular weight is 506 g/mol. The largest absolute Gasteiger partial charge is 0.356 e. The van der Waals surface area contributed by atoms with Crippen molar-refractivity contribution in [2.75, 3.05) is 6.54 Å². The predicted molar refractivity (Wildman–Crippen MR) is 132 cm³/mol. The number of nitrogens with one attached hydrogen (secondary N) is 4. The maximum Gasteiger partial charge on any atom is 0.268 e. The van der Waals surface area contributed by atoms with E-state index in [1.54, 1.807) is 18.2 Å². The molecular weight excluding hydrogens is 477 g/mol. The molecule has 0 bridgehead atoms. The number of hydrogen-bond acceptors (Lipinski definition) is 4. The highest BCUT2D eigenvalue weighted by Crippen LogP contribution is 2.31. The summed E-state index contributed by atoms with van der Waals surface area (Å²) in [5.41, 5.74) is 0.492. The van der Waals surface area contributed by atoms with Crippen molar-refractivity contribution in [2.45, 2.75) is 58.5 Å². The summed E-state index contributed by atoms with van der Waals surface area (Å²) in [6, 6.07) is 5.38. The monoisotopic (exact) mass is 505 g/mol. The molecule has 10 heteroatoms. The molecule has 0 saturated carbocycles. The number of carbonyl (C=O) groups is 3. The molecular formula is C24H29Cl2N5O3. The highest BCUT2D eigenvalue weighted by molar-refractivity contribution is 6.45. The third kappa shape index (κ3) is 6.43. The number of hydrogen-bond donors (Lipinski definition) is 4. The van der Waals surface area contributed by atoms with Gasteiger partial charge in [0.25, 0.3) is 5.91 Å². The summed E-state index contributed by atoms with van der Waals surface area (Å²) in [6.07, 6.45) is 2.09. The Labute approximate surface area is 208 Å². The Kier molecular flexibility index (Phi) is 8.11. The SMILES string of the molecule is CC(C)(C)C[C@H](NC(=O)c1cc2ccc(Cl)c(Cl)c2[nH]1)C(=O)N[C@H](C#N)C[C@@H]1CCCNC1=O. The van der Waals surface area contributed by atoms with Crippen LogP contribution >= 0.6 is 23.2 Å². The molecule has 4 N–H and O–H groups in total. The van der Waals surface area contributed by atoms with Crippen molar-refractivity contribution in [3.8, 4) is 6.07 Å². The van der Waals surface area contributed by atoms with Gasteiger partial charge in [0.1, 0.15) is 17.8 Å². The predicted octanol–water partition coefficient (Wildman–Crippen LogP) is 3.93. The Bertz CT molecular complexity index is 1130. The molecule has 3 atom stereocenters. The molecule has 3 amide bonds. The van der Waals surface area contributed by atoms with E-state index in [9.17, 15) is 19.6 Å². The Morgan fingerprint density at radius 2 is 2.00 bits per heavy atom. The van der Waals surface area contributed by atoms with Crippen molar-refractivity contribution in [1.82, 2.24) is 20.9 Å². The van der Waals surface area contributed by atoms with Gasteiger partial charge in [0.15, 0.2) is 0 Å². The number of halogens is 2. The number of rotatable bonds is 7. The zero-order chi connectivity index (χ0) is 25.0. The highest BCUT2D eigenvalue weighted by Gasteiger charge is 2.31. The van der Waals surface area contributed by atoms with E-state index in [4.69, 9.17) is 23.2 Å². The standard InChI is InChI=1S/C24H29Cl2N5O3/c1-24(2,3)11-18(23(34)29-15(12-27)9-14-5-4-8-28-21(14)32)31-22(33)17-10-13-6-7-16(25)19(26)20(13)30-17/h6-7,10,14-15,18,30H,4-5,8-9,11H2,1-3H3,(H,28,32)(H,29,34)(H,31,33)/t14-,15-,18-/m0/s1. The quantitative estimate of drug-likeness (QED) is 0.454. The first-order valence-electron chi connectivity index (χ1n) is 11.2. The second-order valence-corrected chi connectivity index (χ2v) is 10.6. The summed E-state index contributed by atoms with van der Waals surface area (Å²) in [4.78, 5) is 41.2. The number of H-pyrrole nitrogens is 1. The number of aromatic amines is 1. The molecule has 2 aromatic rings. The number of aromatic nitrogens is 1. The van der Waals surface area contributed by atoms with Crippen molar-refractivity contribution >= 4 is 51.8 Å². The molecule has 1 aliphatic rings. The number of benzene rings is 1. The second kappa shape index (κ2) is 10.7. The fourth-order valence-electron chi connectivity index (χ4n) is 4.08. The van der Waals surface area contributed by atoms with Crippen LogP contribution in [0.15, 0.2) is 18.2 Å². The third-order valence-electron chi connectivity index (χ3n) is 5.76. The molecule has 2 heterocycles. The summed E-state index contributed by atoms with van der Waals surface area (Å²) in [7, 11) is 0. The lowest BCUT2D eigenvalue weighted by atomic mass is 9.87. The van der Waals surface area contributed by atoms with Crippen LogP contribution < -0.4 is 16.0 Å². The van der Waals surface area contributed by atoms with Gasteiger partial charge in [-0.1, -0.05) is 50.0 Å². The average Bonchev–Trinajstić information content (AvgIpc) is 3.21. The summed E-state index contributed by atoms with van der Waals surface area (Å²) in [6.45, 7) is 6.50. The van der Waals surface area contributed by atoms with Crippen LogP contribution in [0, 0.1) is 22.7 Å². The Hall–Kier alpha value is -2.76. The van der Waals surface area contributed by atoms with Crippen molar-refractivity contribution < 1.29 is 14.4 Å². The molecule has 1 saturated heterocycles. The van der Waals surface area contributed by atoms with Crippen LogP contribution in [0.4, 0.5) is 0 Å². The third-order valence-corrected chi connectivity index (χ3v) is 6.57. The lowest BCUT2D eigenvalue weighted by molar-refractivity contribution is -0.128. The number of nitriles is 1. The topological polar surface area (TPSA) is 127 Å². The van der Waals surface area contributed by atoms with Gasteiger partial charge in [-0.15, -0.1) is 0 Å². The van der Waals surface area contributed by atoms with E-state index in [1.165, 1.54) is 0 Å². The van der Waals surface area contributed by atoms with E-state index in [0.717, 1.165) is 6.42 Å². The summed E-state index contributed by atoms with van der Waals surface area (Å²) in [5, 5.41) is 19.3. The minimum atomic E-state index is -0.881. The molecule has 1 aromatic carbocycles. The Balaban J connectivity index is 1.74. The molecule has 34 heavy (non-hydrogen) atoms. The zero-order valence-electron chi connectivity index (χ0n) is 19.4. The van der Waals surface area contributed by atoms with Gasteiger partial charge >= 0.3 is 0 Å². The maximum absolute atomic E-state index is 13.1. The fourth-order valence-corrected chi connectivity index (χ4v) is 4.46. The van der Waals surface area contributed by atoms with Crippen LogP contribution in [0.25, 0.3) is 10.9 Å². The first-order chi connectivity index (χ1) is 16.0. The normalized spacial score (nSPS) is 18.0. The number of carbonyl (C=O) groups excluding carboxylic acids is 3. The van der Waals surface area contributed by atoms with Gasteiger partial charge in [0.2, 0.25) is 11.8 Å². The summed E-state index contributed by atoms with van der Waals surface area (Å²) in [5.74, 6) is -1.37. The molecule has 1 aromatic heterocycles.